The molecule has 0 amide bonds. The number of hydrogen-bond acceptors (Lipinski definition) is 8. The molecule has 0 atom stereocenters. The van der Waals surface area contributed by atoms with Crippen molar-refractivity contribution >= 4 is 33.3 Å². The highest BCUT2D eigenvalue weighted by molar-refractivity contribution is 7.89. The number of anilines is 1. The fourth-order valence-corrected chi connectivity index (χ4v) is 4.82. The van der Waals surface area contributed by atoms with E-state index in [0.29, 0.717) is 67.3 Å². The summed E-state index contributed by atoms with van der Waals surface area (Å²) >= 11 is 6.27. The third-order valence-corrected chi connectivity index (χ3v) is 7.44. The van der Waals surface area contributed by atoms with Gasteiger partial charge in [0.25, 0.3) is 0 Å². The number of sulfonamides is 1. The first-order valence-electron chi connectivity index (χ1n) is 10.4. The maximum atomic E-state index is 13.1. The first-order valence-corrected chi connectivity index (χ1v) is 12.2. The van der Waals surface area contributed by atoms with E-state index in [9.17, 15) is 13.2 Å². The van der Waals surface area contributed by atoms with Gasteiger partial charge in [0, 0.05) is 27.2 Å². The molecule has 0 N–H and O–H groups in total. The van der Waals surface area contributed by atoms with E-state index in [1.165, 1.54) is 26.2 Å². The van der Waals surface area contributed by atoms with Crippen LogP contribution in [0, 0.1) is 0 Å². The average Bonchev–Trinajstić information content (AvgIpc) is 2.82. The van der Waals surface area contributed by atoms with Crippen LogP contribution in [0.5, 0.6) is 11.5 Å². The Balaban J connectivity index is 1.61. The van der Waals surface area contributed by atoms with Gasteiger partial charge in [-0.05, 0) is 35.9 Å². The molecule has 4 rings (SSSR count). The van der Waals surface area contributed by atoms with Crippen LogP contribution in [-0.2, 0) is 26.1 Å². The van der Waals surface area contributed by atoms with E-state index in [4.69, 9.17) is 30.5 Å². The van der Waals surface area contributed by atoms with Crippen molar-refractivity contribution < 1.29 is 32.2 Å². The Bertz CT molecular complexity index is 1150. The second-order valence-corrected chi connectivity index (χ2v) is 10.3. The Labute approximate surface area is 197 Å². The Morgan fingerprint density at radius 2 is 1.82 bits per heavy atom. The topological polar surface area (TPSA) is 94.6 Å². The molecule has 1 fully saturated rings. The number of benzene rings is 2. The van der Waals surface area contributed by atoms with Gasteiger partial charge in [0.15, 0.2) is 11.5 Å². The maximum Gasteiger partial charge on any atom is 0.340 e. The summed E-state index contributed by atoms with van der Waals surface area (Å²) in [4.78, 5) is 15.1. The normalized spacial score (nSPS) is 16.1. The molecule has 178 valence electrons. The number of rotatable bonds is 6. The van der Waals surface area contributed by atoms with E-state index in [2.05, 4.69) is 0 Å². The molecule has 9 nitrogen and oxygen atoms in total. The van der Waals surface area contributed by atoms with Crippen LogP contribution in [0.2, 0.25) is 5.02 Å². The molecule has 11 heteroatoms. The summed E-state index contributed by atoms with van der Waals surface area (Å²) in [5, 5.41) is 0.367. The maximum absolute atomic E-state index is 13.1. The minimum Gasteiger partial charge on any atom is -0.486 e. The second-order valence-electron chi connectivity index (χ2n) is 7.74. The Morgan fingerprint density at radius 3 is 2.55 bits per heavy atom. The minimum atomic E-state index is -3.73. The molecule has 2 aliphatic heterocycles. The molecule has 33 heavy (non-hydrogen) atoms. The average molecular weight is 497 g/mol. The molecule has 0 unspecified atom stereocenters. The van der Waals surface area contributed by atoms with Gasteiger partial charge in [-0.25, -0.2) is 17.5 Å². The number of ether oxygens (including phenoxy) is 4. The van der Waals surface area contributed by atoms with Gasteiger partial charge in [0.05, 0.1) is 34.4 Å². The van der Waals surface area contributed by atoms with Gasteiger partial charge < -0.3 is 23.8 Å². The van der Waals surface area contributed by atoms with E-state index in [1.54, 1.807) is 18.2 Å². The first kappa shape index (κ1) is 23.6. The lowest BCUT2D eigenvalue weighted by Crippen LogP contribution is -2.37. The number of hydrogen-bond donors (Lipinski definition) is 0. The van der Waals surface area contributed by atoms with E-state index in [0.717, 1.165) is 4.31 Å². The summed E-state index contributed by atoms with van der Waals surface area (Å²) in [6.07, 6.45) is 0. The van der Waals surface area contributed by atoms with Crippen molar-refractivity contribution in [1.82, 2.24) is 4.31 Å². The number of nitrogens with zero attached hydrogens (tertiary/aromatic N) is 2. The third kappa shape index (κ3) is 5.03. The van der Waals surface area contributed by atoms with Crippen LogP contribution < -0.4 is 14.4 Å². The van der Waals surface area contributed by atoms with Gasteiger partial charge in [-0.2, -0.15) is 0 Å². The van der Waals surface area contributed by atoms with Gasteiger partial charge in [0.1, 0.15) is 19.8 Å². The highest BCUT2D eigenvalue weighted by atomic mass is 35.5. The van der Waals surface area contributed by atoms with Crippen molar-refractivity contribution in [2.24, 2.45) is 0 Å². The SMILES string of the molecule is CN(C)S(=O)(=O)c1ccc(N2CCOCC2)c(C(=O)OCc2cc(Cl)c3c(c2)OCCO3)c1. The molecule has 0 aliphatic carbocycles. The van der Waals surface area contributed by atoms with Crippen molar-refractivity contribution in [2.75, 3.05) is 58.5 Å². The number of morpholine rings is 1. The predicted molar refractivity (Wildman–Crippen MR) is 122 cm³/mol. The van der Waals surface area contributed by atoms with Gasteiger partial charge >= 0.3 is 5.97 Å². The lowest BCUT2D eigenvalue weighted by molar-refractivity contribution is 0.0471. The molecule has 0 radical (unpaired) electrons. The van der Waals surface area contributed by atoms with Crippen molar-refractivity contribution in [3.63, 3.8) is 0 Å². The molecular weight excluding hydrogens is 472 g/mol. The summed E-state index contributed by atoms with van der Waals surface area (Å²) in [5.74, 6) is 0.320. The number of fused-ring (bicyclic) bond motifs is 1. The Hall–Kier alpha value is -2.53. The van der Waals surface area contributed by atoms with Crippen molar-refractivity contribution in [3.8, 4) is 11.5 Å². The van der Waals surface area contributed by atoms with Crippen molar-refractivity contribution in [2.45, 2.75) is 11.5 Å². The summed E-state index contributed by atoms with van der Waals surface area (Å²) in [6, 6.07) is 7.86. The highest BCUT2D eigenvalue weighted by Gasteiger charge is 2.25. The zero-order valence-corrected chi connectivity index (χ0v) is 19.9. The number of halogens is 1. The molecule has 0 spiro atoms. The smallest absolute Gasteiger partial charge is 0.340 e. The second kappa shape index (κ2) is 9.76. The van der Waals surface area contributed by atoms with Crippen LogP contribution in [0.4, 0.5) is 5.69 Å². The Kier molecular flexibility index (Phi) is 6.99. The molecular formula is C22H25ClN2O7S. The fourth-order valence-electron chi connectivity index (χ4n) is 3.60. The lowest BCUT2D eigenvalue weighted by Gasteiger charge is -2.30. The zero-order chi connectivity index (χ0) is 23.6. The van der Waals surface area contributed by atoms with Crippen LogP contribution in [0.25, 0.3) is 0 Å². The van der Waals surface area contributed by atoms with Gasteiger partial charge in [-0.3, -0.25) is 0 Å². The standard InChI is InChI=1S/C22H25ClN2O7S/c1-24(2)33(27,28)16-3-4-19(25-5-7-29-8-6-25)17(13-16)22(26)32-14-15-11-18(23)21-20(12-15)30-9-10-31-21/h3-4,11-13H,5-10,14H2,1-2H3. The monoisotopic (exact) mass is 496 g/mol. The molecule has 2 heterocycles. The molecule has 0 bridgehead atoms. The number of carbonyl (C=O) groups excluding carboxylic acids is 1. The summed E-state index contributed by atoms with van der Waals surface area (Å²) in [6.45, 7) is 2.95. The summed E-state index contributed by atoms with van der Waals surface area (Å²) < 4.78 is 48.4. The van der Waals surface area contributed by atoms with E-state index < -0.39 is 16.0 Å². The van der Waals surface area contributed by atoms with Crippen LogP contribution in [0.3, 0.4) is 0 Å². The summed E-state index contributed by atoms with van der Waals surface area (Å²) in [5.41, 5.74) is 1.40. The molecule has 2 aliphatic rings. The molecule has 2 aromatic carbocycles. The number of carbonyl (C=O) groups is 1. The predicted octanol–water partition coefficient (Wildman–Crippen LogP) is 2.56. The van der Waals surface area contributed by atoms with Gasteiger partial charge in [0.2, 0.25) is 10.0 Å². The van der Waals surface area contributed by atoms with Gasteiger partial charge in [-0.1, -0.05) is 11.6 Å². The third-order valence-electron chi connectivity index (χ3n) is 5.34. The van der Waals surface area contributed by atoms with Crippen LogP contribution >= 0.6 is 11.6 Å². The zero-order valence-electron chi connectivity index (χ0n) is 18.4. The van der Waals surface area contributed by atoms with E-state index in [1.807, 2.05) is 4.90 Å². The lowest BCUT2D eigenvalue weighted by atomic mass is 10.1. The quantitative estimate of drug-likeness (QED) is 0.563. The molecule has 2 aromatic rings. The van der Waals surface area contributed by atoms with Gasteiger partial charge in [-0.15, -0.1) is 0 Å². The van der Waals surface area contributed by atoms with Crippen molar-refractivity contribution in [3.05, 3.63) is 46.5 Å². The number of esters is 1. The van der Waals surface area contributed by atoms with E-state index in [-0.39, 0.29) is 17.1 Å². The molecule has 0 aromatic heterocycles. The molecule has 0 saturated carbocycles. The Morgan fingerprint density at radius 1 is 1.09 bits per heavy atom. The van der Waals surface area contributed by atoms with Crippen LogP contribution in [0.15, 0.2) is 35.2 Å². The van der Waals surface area contributed by atoms with Crippen LogP contribution in [0.1, 0.15) is 15.9 Å². The summed E-state index contributed by atoms with van der Waals surface area (Å²) in [7, 11) is -0.850. The van der Waals surface area contributed by atoms with E-state index >= 15 is 0 Å². The fraction of sp³-hybridized carbons (Fsp3) is 0.409. The minimum absolute atomic E-state index is 0.0128. The van der Waals surface area contributed by atoms with Crippen LogP contribution in [-0.4, -0.2) is 72.3 Å². The van der Waals surface area contributed by atoms with Crippen molar-refractivity contribution in [1.29, 1.82) is 0 Å². The largest absolute Gasteiger partial charge is 0.486 e. The molecule has 1 saturated heterocycles. The highest BCUT2D eigenvalue weighted by Crippen LogP contribution is 2.38. The first-order chi connectivity index (χ1) is 15.8.